The van der Waals surface area contributed by atoms with Gasteiger partial charge in [-0.2, -0.15) is 59.1 Å². The summed E-state index contributed by atoms with van der Waals surface area (Å²) in [4.78, 5) is 13.2. The second-order valence-electron chi connectivity index (χ2n) is 43.6. The summed E-state index contributed by atoms with van der Waals surface area (Å²) in [5.41, 5.74) is 1.18. The molecule has 2 atom stereocenters. The molecule has 4 aromatic carbocycles. The number of unbranched alkanes of at least 4 members (excludes halogenated alkanes) is 1. The van der Waals surface area contributed by atoms with Crippen LogP contribution < -0.4 is 42.5 Å². The number of benzene rings is 4. The molecular weight excluding hydrogens is 1920 g/mol. The third kappa shape index (κ3) is 17.5. The van der Waals surface area contributed by atoms with Gasteiger partial charge in [0.2, 0.25) is 0 Å². The summed E-state index contributed by atoms with van der Waals surface area (Å²) in [6, 6.07) is 31.2. The molecule has 7 aromatic heterocycles. The number of allylic oxidation sites excluding steroid dienone is 3. The smallest absolute Gasteiger partial charge is 0.493 e. The Hall–Kier alpha value is -6.73. The summed E-state index contributed by atoms with van der Waals surface area (Å²) in [5.74, 6) is -38.5. The van der Waals surface area contributed by atoms with Gasteiger partial charge in [0.15, 0.2) is 28.8 Å². The van der Waals surface area contributed by atoms with Gasteiger partial charge in [0, 0.05) is 126 Å². The second-order valence-corrected chi connectivity index (χ2v) is 50.7. The van der Waals surface area contributed by atoms with Crippen LogP contribution in [0.25, 0.3) is 72.5 Å². The maximum absolute atomic E-state index is 17.3. The number of methoxy groups -OCH3 is 4. The molecule has 8 heterocycles. The molecule has 6 aliphatic carbocycles. The summed E-state index contributed by atoms with van der Waals surface area (Å²) in [7, 11) is 5.27. The first-order valence-electron chi connectivity index (χ1n) is 44.3. The van der Waals surface area contributed by atoms with Gasteiger partial charge in [-0.05, 0) is 162 Å². The zero-order valence-electron chi connectivity index (χ0n) is 80.7. The number of furan rings is 1. The summed E-state index contributed by atoms with van der Waals surface area (Å²) in [6.07, 6.45) is 5.03. The van der Waals surface area contributed by atoms with E-state index in [-0.39, 0.29) is 160 Å². The molecule has 18 rings (SSSR count). The van der Waals surface area contributed by atoms with Crippen LogP contribution in [0.15, 0.2) is 129 Å². The SMILES string of the molecule is C.C.CC1(C)CC(C)(C)c2sc(-c3cc(Br)c(-c4cc5c(s4)C(C)(C)CC5(C)C)s3)cc21.COc1cc2c(cc1OC)C(C1=C(F)C(F)(F)C(F)(F)C1(F)F)C(c1ccc(C(C)(C)C)cc1)O2.COc1cc2oc(-c3ccc(C(C)(C)C)cc3)c(C3=C(c4cc(-c5cc6c(s5)C(C)(C)CC6(C)C)sc4-c4cc5c(s4)C(C)(C)CC5(C)C)C(F)(F)C(F)(F)C3(F)F)c2cc1OC.[CH2-]CCC.[Li+]. The molecule has 1 aliphatic heterocycles. The van der Waals surface area contributed by atoms with Crippen molar-refractivity contribution >= 4 is 106 Å². The van der Waals surface area contributed by atoms with Crippen molar-refractivity contribution in [2.75, 3.05) is 28.4 Å². The van der Waals surface area contributed by atoms with Gasteiger partial charge in [-0.3, -0.25) is 0 Å². The first-order valence-corrected chi connectivity index (χ1v) is 50.0. The van der Waals surface area contributed by atoms with E-state index in [2.05, 4.69) is 165 Å². The van der Waals surface area contributed by atoms with Crippen molar-refractivity contribution in [1.29, 1.82) is 0 Å². The third-order valence-corrected chi connectivity index (χ3v) is 37.3. The Bertz CT molecular complexity index is 6300. The van der Waals surface area contributed by atoms with Crippen molar-refractivity contribution in [3.63, 3.8) is 0 Å². The summed E-state index contributed by atoms with van der Waals surface area (Å²) in [6.45, 7) is 54.1. The molecule has 0 saturated carbocycles. The average Bonchev–Trinajstić information content (AvgIpc) is 1.51. The van der Waals surface area contributed by atoms with Gasteiger partial charge in [0.1, 0.15) is 23.2 Å². The second kappa shape index (κ2) is 35.4. The minimum Gasteiger partial charge on any atom is -0.493 e. The molecule has 6 nitrogen and oxygen atoms in total. The van der Waals surface area contributed by atoms with E-state index in [1.54, 1.807) is 68.6 Å². The molecule has 7 aliphatic rings. The van der Waals surface area contributed by atoms with E-state index in [1.165, 1.54) is 131 Å². The molecule has 135 heavy (non-hydrogen) atoms. The first-order chi connectivity index (χ1) is 60.7. The fourth-order valence-electron chi connectivity index (χ4n) is 21.6. The monoisotopic (exact) mass is 2040 g/mol. The fourth-order valence-corrected chi connectivity index (χ4v) is 30.9. The Morgan fingerprint density at radius 3 is 1.19 bits per heavy atom. The van der Waals surface area contributed by atoms with Crippen molar-refractivity contribution in [3.8, 4) is 79.1 Å². The number of hydrogen-bond acceptors (Lipinski definition) is 12. The van der Waals surface area contributed by atoms with Gasteiger partial charge in [-0.25, -0.2) is 4.39 Å². The van der Waals surface area contributed by atoms with Crippen LogP contribution in [0.5, 0.6) is 28.7 Å². The summed E-state index contributed by atoms with van der Waals surface area (Å²) in [5, 5.41) is -0.0991. The standard InChI is InChI=1S/C51H52F6O3S3.C26H31BrS3.C25H23F7O3.C4H9.2CH4.Li/c1-44(2,3)26-16-14-25(15-17-26)40-37(27-18-32(58-12)33(59-13)22-31(27)60-40)39-38(49(52,53)51(56,57)50(39,54)55)28-19-34(35-20-29-42(62-35)47(8,9)23-45(29,4)5)61-41(28)36-21-30-43(63-36)48(10,11)24-46(30,6)7;1-23(2)12-25(5,6)21-14(23)9-17(29-21)18-11-16(27)20(28-18)19-10-15-22(30-19)26(7,8)13-24(15,3)4;1-22(2,3)13-8-6-12(7-9-13)20-18(14-10-16(33-4)17(34-5)11-15(14)35-20)19-21(26)24(29,30)25(31,32)23(19,27)28;1-3-4-2;;;/h14-22H,23-24H2,1-13H3;9-11H,12-13H2,1-8H3;6-11,18,20H,1-5H3;1,3-4H2,2H3;2*1H4;/q;;;-1;;;+1. The van der Waals surface area contributed by atoms with Crippen LogP contribution in [0.1, 0.15) is 300 Å². The van der Waals surface area contributed by atoms with Gasteiger partial charge in [0.25, 0.3) is 0 Å². The fraction of sp³-hybridized carbons (Fsp3) is 0.491. The Morgan fingerprint density at radius 2 is 0.785 bits per heavy atom. The van der Waals surface area contributed by atoms with Crippen LogP contribution in [0.2, 0.25) is 0 Å². The number of rotatable bonds is 14. The van der Waals surface area contributed by atoms with Crippen molar-refractivity contribution in [2.24, 2.45) is 0 Å². The van der Waals surface area contributed by atoms with Crippen LogP contribution in [0.3, 0.4) is 0 Å². The van der Waals surface area contributed by atoms with Crippen LogP contribution in [-0.2, 0) is 54.1 Å². The largest absolute Gasteiger partial charge is 1.00 e. The molecule has 2 unspecified atom stereocenters. The molecule has 0 fully saturated rings. The van der Waals surface area contributed by atoms with Crippen LogP contribution in [0, 0.1) is 6.92 Å². The summed E-state index contributed by atoms with van der Waals surface area (Å²) < 4.78 is 238. The van der Waals surface area contributed by atoms with E-state index in [0.717, 1.165) is 62.2 Å². The van der Waals surface area contributed by atoms with Crippen LogP contribution in [-0.4, -0.2) is 64.0 Å². The zero-order valence-corrected chi connectivity index (χ0v) is 87.2. The molecule has 0 saturated heterocycles. The number of ether oxygens (including phenoxy) is 5. The van der Waals surface area contributed by atoms with Gasteiger partial charge in [0.05, 0.1) is 49.7 Å². The first kappa shape index (κ1) is 107. The molecule has 0 amide bonds. The van der Waals surface area contributed by atoms with E-state index in [0.29, 0.717) is 9.75 Å². The number of halogens is 14. The molecule has 0 spiro atoms. The van der Waals surface area contributed by atoms with Gasteiger partial charge in [-0.15, -0.1) is 68.0 Å². The maximum Gasteiger partial charge on any atom is 1.00 e. The minimum atomic E-state index is -5.96. The predicted molar refractivity (Wildman–Crippen MR) is 535 cm³/mol. The summed E-state index contributed by atoms with van der Waals surface area (Å²) >= 11 is 14.1. The van der Waals surface area contributed by atoms with Crippen molar-refractivity contribution < 1.29 is 104 Å². The van der Waals surface area contributed by atoms with E-state index in [4.69, 9.17) is 28.1 Å². The van der Waals surface area contributed by atoms with Gasteiger partial charge in [-0.1, -0.05) is 229 Å². The van der Waals surface area contributed by atoms with Crippen molar-refractivity contribution in [2.45, 2.75) is 314 Å². The van der Waals surface area contributed by atoms with Crippen LogP contribution >= 0.6 is 84.0 Å². The van der Waals surface area contributed by atoms with E-state index < -0.39 is 75.7 Å². The average molecular weight is 2040 g/mol. The minimum absolute atomic E-state index is 0. The van der Waals surface area contributed by atoms with E-state index >= 15 is 26.3 Å². The molecule has 27 heteroatoms. The maximum atomic E-state index is 17.3. The molecule has 0 radical (unpaired) electrons. The van der Waals surface area contributed by atoms with E-state index in [9.17, 15) is 30.7 Å². The Kier molecular flexibility index (Phi) is 28.1. The topological polar surface area (TPSA) is 59.3 Å². The molecule has 11 aromatic rings. The van der Waals surface area contributed by atoms with E-state index in [1.807, 2.05) is 81.6 Å². The quantitative estimate of drug-likeness (QED) is 0.0614. The number of hydrogen-bond donors (Lipinski definition) is 0. The normalized spacial score (nSPS) is 21.3. The Morgan fingerprint density at radius 1 is 0.430 bits per heavy atom. The predicted octanol–water partition coefficient (Wildman–Crippen LogP) is 33.8. The Labute approximate surface area is 832 Å². The number of fused-ring (bicyclic) bond motifs is 6. The Balaban J connectivity index is 0.000000192. The van der Waals surface area contributed by atoms with Crippen molar-refractivity contribution in [1.82, 2.24) is 0 Å². The number of thiophene rings is 6. The van der Waals surface area contributed by atoms with Crippen LogP contribution in [0.4, 0.5) is 57.1 Å². The van der Waals surface area contributed by atoms with Crippen molar-refractivity contribution in [3.05, 3.63) is 207 Å². The molecular formula is C108H123BrF13LiO6S6. The third-order valence-electron chi connectivity index (χ3n) is 27.4. The molecule has 0 bridgehead atoms. The van der Waals surface area contributed by atoms with Gasteiger partial charge >= 0.3 is 54.4 Å². The molecule has 0 N–H and O–H groups in total. The number of alkyl halides is 12. The van der Waals surface area contributed by atoms with Gasteiger partial charge < -0.3 is 35.0 Å². The zero-order chi connectivity index (χ0) is 97.4. The molecule has 726 valence electrons.